The fourth-order valence-corrected chi connectivity index (χ4v) is 6.18. The lowest BCUT2D eigenvalue weighted by molar-refractivity contribution is -0.144. The Bertz CT molecular complexity index is 1260. The van der Waals surface area contributed by atoms with E-state index < -0.39 is 26.9 Å². The van der Waals surface area contributed by atoms with Crippen LogP contribution in [0.5, 0.6) is 0 Å². The summed E-state index contributed by atoms with van der Waals surface area (Å²) in [6, 6.07) is 6.38. The molecule has 0 amide bonds. The van der Waals surface area contributed by atoms with Crippen LogP contribution in [0.1, 0.15) is 11.5 Å². The highest BCUT2D eigenvalue weighted by Crippen LogP contribution is 2.32. The fourth-order valence-electron chi connectivity index (χ4n) is 3.32. The summed E-state index contributed by atoms with van der Waals surface area (Å²) in [7, 11) is -3.87. The molecule has 0 unspecified atom stereocenters. The van der Waals surface area contributed by atoms with E-state index in [1.165, 1.54) is 17.3 Å². The molecule has 0 radical (unpaired) electrons. The maximum Gasteiger partial charge on any atom is 0.451 e. The predicted molar refractivity (Wildman–Crippen MR) is 105 cm³/mol. The minimum Gasteiger partial charge on any atom is -0.353 e. The molecule has 8 nitrogen and oxygen atoms in total. The molecule has 0 aliphatic carbocycles. The van der Waals surface area contributed by atoms with E-state index >= 15 is 0 Å². The van der Waals surface area contributed by atoms with Crippen molar-refractivity contribution in [1.29, 1.82) is 0 Å². The molecular weight excluding hydrogens is 443 g/mol. The summed E-state index contributed by atoms with van der Waals surface area (Å²) in [4.78, 5) is 22.4. The predicted octanol–water partition coefficient (Wildman–Crippen LogP) is 2.22. The van der Waals surface area contributed by atoms with E-state index in [0.717, 1.165) is 0 Å². The summed E-state index contributed by atoms with van der Waals surface area (Å²) in [5, 5.41) is 0.460. The number of sulfonamides is 1. The maximum atomic E-state index is 13.3. The van der Waals surface area contributed by atoms with Crippen molar-refractivity contribution in [2.45, 2.75) is 17.3 Å². The number of piperazine rings is 1. The van der Waals surface area contributed by atoms with Crippen molar-refractivity contribution < 1.29 is 21.6 Å². The lowest BCUT2D eigenvalue weighted by Gasteiger charge is -2.35. The number of fused-ring (bicyclic) bond motifs is 1. The van der Waals surface area contributed by atoms with Crippen LogP contribution < -0.4 is 9.77 Å². The third-order valence-electron chi connectivity index (χ3n) is 4.73. The summed E-state index contributed by atoms with van der Waals surface area (Å²) in [5.41, 5.74) is 0.432. The maximum absolute atomic E-state index is 13.3. The van der Waals surface area contributed by atoms with Gasteiger partial charge in [0.2, 0.25) is 5.82 Å². The van der Waals surface area contributed by atoms with Gasteiger partial charge in [-0.1, -0.05) is 23.5 Å². The fraction of sp³-hybridized carbons (Fsp3) is 0.353. The minimum absolute atomic E-state index is 0.0483. The van der Waals surface area contributed by atoms with Crippen LogP contribution >= 0.6 is 11.3 Å². The minimum atomic E-state index is -4.70. The molecule has 30 heavy (non-hydrogen) atoms. The first-order valence-corrected chi connectivity index (χ1v) is 11.1. The van der Waals surface area contributed by atoms with Crippen LogP contribution in [0.4, 0.5) is 19.0 Å². The lowest BCUT2D eigenvalue weighted by atomic mass is 10.2. The van der Waals surface area contributed by atoms with Gasteiger partial charge in [-0.25, -0.2) is 18.4 Å². The Morgan fingerprint density at radius 3 is 2.37 bits per heavy atom. The van der Waals surface area contributed by atoms with Crippen molar-refractivity contribution >= 4 is 38.1 Å². The number of aromatic nitrogens is 3. The highest BCUT2D eigenvalue weighted by molar-refractivity contribution is 7.91. The van der Waals surface area contributed by atoms with Crippen LogP contribution in [-0.4, -0.2) is 53.9 Å². The summed E-state index contributed by atoms with van der Waals surface area (Å²) in [6.07, 6.45) is -4.70. The Hall–Kier alpha value is -2.51. The van der Waals surface area contributed by atoms with Gasteiger partial charge in [-0.05, 0) is 19.1 Å². The molecule has 160 valence electrons. The molecule has 2 aromatic heterocycles. The molecule has 3 aromatic rings. The lowest BCUT2D eigenvalue weighted by Crippen LogP contribution is -2.49. The van der Waals surface area contributed by atoms with Crippen molar-refractivity contribution in [2.24, 2.45) is 0 Å². The summed E-state index contributed by atoms with van der Waals surface area (Å²) < 4.78 is 66.6. The Kier molecular flexibility index (Phi) is 5.06. The summed E-state index contributed by atoms with van der Waals surface area (Å²) in [6.45, 7) is 1.90. The van der Waals surface area contributed by atoms with E-state index in [2.05, 4.69) is 15.0 Å². The number of aromatic amines is 1. The molecule has 1 aliphatic heterocycles. The third-order valence-corrected chi connectivity index (χ3v) is 8.21. The standard InChI is InChI=1S/C17H16F3N5O3S2/c1-10-14(29-16(26)21-10)30(27,28)25-8-6-24(7-9-25)13-11-4-2-3-5-12(11)22-15(23-13)17(18,19)20/h2-5H,6-9H2,1H3,(H,21,26). The number of hydrogen-bond acceptors (Lipinski definition) is 7. The number of aryl methyl sites for hydroxylation is 1. The number of hydrogen-bond donors (Lipinski definition) is 1. The van der Waals surface area contributed by atoms with Gasteiger partial charge in [0.1, 0.15) is 5.82 Å². The number of para-hydroxylation sites is 1. The molecule has 0 saturated carbocycles. The number of anilines is 1. The SMILES string of the molecule is Cc1[nH]c(=O)sc1S(=O)(=O)N1CCN(c2nc(C(F)(F)F)nc3ccccc23)CC1. The quantitative estimate of drug-likeness (QED) is 0.645. The number of halogens is 3. The van der Waals surface area contributed by atoms with E-state index in [9.17, 15) is 26.4 Å². The van der Waals surface area contributed by atoms with Crippen LogP contribution in [-0.2, 0) is 16.2 Å². The molecule has 1 aliphatic rings. The van der Waals surface area contributed by atoms with Gasteiger partial charge in [0, 0.05) is 37.3 Å². The summed E-state index contributed by atoms with van der Waals surface area (Å²) in [5.74, 6) is -1.12. The number of rotatable bonds is 3. The average molecular weight is 459 g/mol. The molecule has 0 atom stereocenters. The van der Waals surface area contributed by atoms with Crippen LogP contribution in [0.25, 0.3) is 10.9 Å². The normalized spacial score (nSPS) is 16.3. The molecular formula is C17H16F3N5O3S2. The Balaban J connectivity index is 1.64. The molecule has 0 spiro atoms. The molecule has 0 bridgehead atoms. The van der Waals surface area contributed by atoms with Crippen LogP contribution in [0.15, 0.2) is 33.3 Å². The van der Waals surface area contributed by atoms with Gasteiger partial charge in [0.15, 0.2) is 4.21 Å². The van der Waals surface area contributed by atoms with Crippen LogP contribution in [0.2, 0.25) is 0 Å². The molecule has 4 rings (SSSR count). The van der Waals surface area contributed by atoms with Gasteiger partial charge in [-0.3, -0.25) is 4.79 Å². The molecule has 1 N–H and O–H groups in total. The van der Waals surface area contributed by atoms with Crippen molar-refractivity contribution in [3.05, 3.63) is 45.5 Å². The van der Waals surface area contributed by atoms with E-state index in [-0.39, 0.29) is 47.4 Å². The zero-order valence-electron chi connectivity index (χ0n) is 15.6. The van der Waals surface area contributed by atoms with Gasteiger partial charge in [0.25, 0.3) is 10.0 Å². The van der Waals surface area contributed by atoms with Gasteiger partial charge >= 0.3 is 11.0 Å². The number of nitrogens with one attached hydrogen (secondary N) is 1. The smallest absolute Gasteiger partial charge is 0.353 e. The number of nitrogens with zero attached hydrogens (tertiary/aromatic N) is 4. The third kappa shape index (κ3) is 3.68. The number of alkyl halides is 3. The Morgan fingerprint density at radius 1 is 1.10 bits per heavy atom. The van der Waals surface area contributed by atoms with E-state index in [0.29, 0.717) is 16.7 Å². The van der Waals surface area contributed by atoms with Crippen LogP contribution in [0, 0.1) is 6.92 Å². The van der Waals surface area contributed by atoms with Gasteiger partial charge < -0.3 is 9.88 Å². The monoisotopic (exact) mass is 459 g/mol. The average Bonchev–Trinajstić information content (AvgIpc) is 3.05. The van der Waals surface area contributed by atoms with Crippen LogP contribution in [0.3, 0.4) is 0 Å². The number of benzene rings is 1. The number of thiazole rings is 1. The second kappa shape index (κ2) is 7.32. The zero-order chi connectivity index (χ0) is 21.7. The zero-order valence-corrected chi connectivity index (χ0v) is 17.2. The number of H-pyrrole nitrogens is 1. The second-order valence-electron chi connectivity index (χ2n) is 6.70. The topological polar surface area (TPSA) is 99.3 Å². The largest absolute Gasteiger partial charge is 0.451 e. The van der Waals surface area contributed by atoms with Crippen molar-refractivity contribution in [3.8, 4) is 0 Å². The first kappa shape index (κ1) is 20.8. The van der Waals surface area contributed by atoms with Crippen molar-refractivity contribution in [2.75, 3.05) is 31.1 Å². The van der Waals surface area contributed by atoms with Gasteiger partial charge in [0.05, 0.1) is 5.52 Å². The van der Waals surface area contributed by atoms with Crippen molar-refractivity contribution in [1.82, 2.24) is 19.3 Å². The summed E-state index contributed by atoms with van der Waals surface area (Å²) >= 11 is 0.619. The Labute approximate surface area is 173 Å². The molecule has 1 fully saturated rings. The van der Waals surface area contributed by atoms with Gasteiger partial charge in [-0.2, -0.15) is 17.5 Å². The molecule has 1 saturated heterocycles. The van der Waals surface area contributed by atoms with E-state index in [1.807, 2.05) is 0 Å². The van der Waals surface area contributed by atoms with Crippen molar-refractivity contribution in [3.63, 3.8) is 0 Å². The second-order valence-corrected chi connectivity index (χ2v) is 9.82. The van der Waals surface area contributed by atoms with Gasteiger partial charge in [-0.15, -0.1) is 0 Å². The Morgan fingerprint density at radius 2 is 1.77 bits per heavy atom. The highest BCUT2D eigenvalue weighted by atomic mass is 32.2. The first-order chi connectivity index (χ1) is 14.1. The van der Waals surface area contributed by atoms with E-state index in [1.54, 1.807) is 23.1 Å². The molecule has 1 aromatic carbocycles. The first-order valence-electron chi connectivity index (χ1n) is 8.86. The van der Waals surface area contributed by atoms with E-state index in [4.69, 9.17) is 0 Å². The highest BCUT2D eigenvalue weighted by Gasteiger charge is 2.37. The molecule has 3 heterocycles. The molecule has 13 heteroatoms.